The van der Waals surface area contributed by atoms with Gasteiger partial charge in [0.2, 0.25) is 0 Å². The first-order valence-electron chi connectivity index (χ1n) is 18.0. The van der Waals surface area contributed by atoms with Gasteiger partial charge in [-0.05, 0) is 109 Å². The second-order valence-corrected chi connectivity index (χ2v) is 16.1. The summed E-state index contributed by atoms with van der Waals surface area (Å²) in [6.07, 6.45) is 17.3. The van der Waals surface area contributed by atoms with E-state index in [1.807, 2.05) is 24.3 Å². The molecule has 8 atom stereocenters. The minimum Gasteiger partial charge on any atom is -0.446 e. The SMILES string of the molecule is CC(C)CCC[C@@H](C)[C@H]1CC[C@H]2[C@@H]3CC=C4C[C@@H](OC(=O)Nc5ccc(Cn6ccc(=O)[nH]c6=O)cc5)CC[C@]4(C)[C@H]3CC[C@]12C. The van der Waals surface area contributed by atoms with Gasteiger partial charge < -0.3 is 4.74 Å². The predicted octanol–water partition coefficient (Wildman–Crippen LogP) is 8.54. The summed E-state index contributed by atoms with van der Waals surface area (Å²) in [5, 5.41) is 2.89. The zero-order valence-electron chi connectivity index (χ0n) is 28.6. The molecule has 250 valence electrons. The normalized spacial score (nSPS) is 32.6. The van der Waals surface area contributed by atoms with Crippen molar-refractivity contribution in [1.29, 1.82) is 0 Å². The van der Waals surface area contributed by atoms with Gasteiger partial charge in [-0.15, -0.1) is 0 Å². The van der Waals surface area contributed by atoms with E-state index < -0.39 is 17.3 Å². The number of allylic oxidation sites excluding steroid dienone is 1. The number of ether oxygens (including phenoxy) is 1. The third-order valence-corrected chi connectivity index (χ3v) is 13.0. The molecule has 0 unspecified atom stereocenters. The van der Waals surface area contributed by atoms with Crippen LogP contribution in [0.5, 0.6) is 0 Å². The summed E-state index contributed by atoms with van der Waals surface area (Å²) < 4.78 is 7.42. The minimum atomic E-state index is -0.447. The lowest BCUT2D eigenvalue weighted by Gasteiger charge is -2.58. The summed E-state index contributed by atoms with van der Waals surface area (Å²) in [7, 11) is 0. The van der Waals surface area contributed by atoms with Gasteiger partial charge in [0.05, 0.1) is 6.54 Å². The summed E-state index contributed by atoms with van der Waals surface area (Å²) in [6, 6.07) is 8.67. The van der Waals surface area contributed by atoms with Crippen LogP contribution in [0.2, 0.25) is 0 Å². The number of amides is 1. The topological polar surface area (TPSA) is 93.2 Å². The Morgan fingerprint density at radius 3 is 2.52 bits per heavy atom. The molecule has 0 saturated heterocycles. The van der Waals surface area contributed by atoms with E-state index in [1.165, 1.54) is 73.8 Å². The molecule has 7 nitrogen and oxygen atoms in total. The van der Waals surface area contributed by atoms with E-state index in [4.69, 9.17) is 4.74 Å². The maximum absolute atomic E-state index is 12.9. The van der Waals surface area contributed by atoms with Crippen LogP contribution in [0.1, 0.15) is 111 Å². The van der Waals surface area contributed by atoms with Crippen molar-refractivity contribution in [3.05, 3.63) is 74.6 Å². The number of benzene rings is 1. The summed E-state index contributed by atoms with van der Waals surface area (Å²) in [5.74, 6) is 4.92. The Kier molecular flexibility index (Phi) is 9.42. The molecule has 2 aromatic rings. The first kappa shape index (κ1) is 32.8. The smallest absolute Gasteiger partial charge is 0.411 e. The number of aromatic amines is 1. The number of aromatic nitrogens is 2. The lowest BCUT2D eigenvalue weighted by atomic mass is 9.47. The van der Waals surface area contributed by atoms with Crippen LogP contribution in [0.3, 0.4) is 0 Å². The van der Waals surface area contributed by atoms with Crippen LogP contribution in [0.25, 0.3) is 0 Å². The Hall–Kier alpha value is -3.09. The van der Waals surface area contributed by atoms with Crippen molar-refractivity contribution >= 4 is 11.8 Å². The Bertz CT molecular complexity index is 1540. The van der Waals surface area contributed by atoms with Crippen molar-refractivity contribution in [2.45, 2.75) is 118 Å². The van der Waals surface area contributed by atoms with Crippen LogP contribution in [-0.2, 0) is 11.3 Å². The Morgan fingerprint density at radius 2 is 1.78 bits per heavy atom. The van der Waals surface area contributed by atoms with Gasteiger partial charge in [0, 0.05) is 24.4 Å². The van der Waals surface area contributed by atoms with Gasteiger partial charge in [0.1, 0.15) is 6.10 Å². The van der Waals surface area contributed by atoms with Gasteiger partial charge in [-0.2, -0.15) is 0 Å². The second kappa shape index (κ2) is 13.2. The van der Waals surface area contributed by atoms with E-state index >= 15 is 0 Å². The average molecular weight is 630 g/mol. The molecule has 7 heteroatoms. The summed E-state index contributed by atoms with van der Waals surface area (Å²) in [6.45, 7) is 12.8. The molecule has 0 spiro atoms. The highest BCUT2D eigenvalue weighted by molar-refractivity contribution is 5.84. The molecule has 1 amide bonds. The highest BCUT2D eigenvalue weighted by Crippen LogP contribution is 2.67. The number of fused-ring (bicyclic) bond motifs is 5. The molecule has 2 N–H and O–H groups in total. The van der Waals surface area contributed by atoms with Crippen LogP contribution in [0.15, 0.2) is 57.8 Å². The number of rotatable bonds is 9. The molecule has 46 heavy (non-hydrogen) atoms. The van der Waals surface area contributed by atoms with Crippen molar-refractivity contribution < 1.29 is 9.53 Å². The molecule has 4 aliphatic rings. The zero-order chi connectivity index (χ0) is 32.6. The summed E-state index contributed by atoms with van der Waals surface area (Å²) in [4.78, 5) is 38.5. The molecular weight excluding hydrogens is 574 g/mol. The fourth-order valence-electron chi connectivity index (χ4n) is 10.5. The van der Waals surface area contributed by atoms with Crippen molar-refractivity contribution in [2.75, 3.05) is 5.32 Å². The summed E-state index contributed by atoms with van der Waals surface area (Å²) >= 11 is 0. The lowest BCUT2D eigenvalue weighted by Crippen LogP contribution is -2.51. The summed E-state index contributed by atoms with van der Waals surface area (Å²) in [5.41, 5.74) is 2.92. The van der Waals surface area contributed by atoms with Crippen molar-refractivity contribution in [3.8, 4) is 0 Å². The molecule has 6 rings (SSSR count). The third kappa shape index (κ3) is 6.53. The van der Waals surface area contributed by atoms with E-state index in [-0.39, 0.29) is 11.5 Å². The first-order chi connectivity index (χ1) is 22.0. The second-order valence-electron chi connectivity index (χ2n) is 16.1. The number of anilines is 1. The number of carbonyl (C=O) groups is 1. The van der Waals surface area contributed by atoms with E-state index in [2.05, 4.69) is 51.0 Å². The zero-order valence-corrected chi connectivity index (χ0v) is 28.6. The number of nitrogens with zero attached hydrogens (tertiary/aromatic N) is 1. The fraction of sp³-hybridized carbons (Fsp3) is 0.667. The van der Waals surface area contributed by atoms with Crippen molar-refractivity contribution in [3.63, 3.8) is 0 Å². The number of hydrogen-bond donors (Lipinski definition) is 2. The van der Waals surface area contributed by atoms with Gasteiger partial charge in [0.15, 0.2) is 0 Å². The maximum Gasteiger partial charge on any atom is 0.411 e. The highest BCUT2D eigenvalue weighted by atomic mass is 16.6. The standard InChI is InChI=1S/C39H55N3O4/c1-25(2)7-6-8-26(3)32-15-16-33-31-14-11-28-23-30(17-20-38(28,4)34(31)18-21-39(32,33)5)46-37(45)40-29-12-9-27(10-13-29)24-42-22-19-35(43)41-36(42)44/h9-13,19,22,25-26,30-34H,6-8,14-18,20-21,23-24H2,1-5H3,(H,40,45)(H,41,43,44)/t26-,30+,31+,32-,33+,34+,38+,39-/m1/s1. The number of carbonyl (C=O) groups excluding carboxylic acids is 1. The molecule has 3 fully saturated rings. The molecule has 4 aliphatic carbocycles. The number of hydrogen-bond acceptors (Lipinski definition) is 4. The van der Waals surface area contributed by atoms with Crippen LogP contribution in [0, 0.1) is 46.3 Å². The molecule has 1 aromatic heterocycles. The Balaban J connectivity index is 1.04. The predicted molar refractivity (Wildman–Crippen MR) is 184 cm³/mol. The van der Waals surface area contributed by atoms with Gasteiger partial charge in [0.25, 0.3) is 5.56 Å². The van der Waals surface area contributed by atoms with Gasteiger partial charge in [-0.3, -0.25) is 19.7 Å². The van der Waals surface area contributed by atoms with Gasteiger partial charge in [-0.1, -0.05) is 77.7 Å². The maximum atomic E-state index is 12.9. The molecular formula is C39H55N3O4. The van der Waals surface area contributed by atoms with E-state index in [1.54, 1.807) is 0 Å². The van der Waals surface area contributed by atoms with Crippen LogP contribution in [0.4, 0.5) is 10.5 Å². The Labute approximate surface area is 274 Å². The molecule has 0 radical (unpaired) electrons. The van der Waals surface area contributed by atoms with E-state index in [0.29, 0.717) is 17.6 Å². The fourth-order valence-corrected chi connectivity index (χ4v) is 10.5. The van der Waals surface area contributed by atoms with Crippen LogP contribution < -0.4 is 16.6 Å². The van der Waals surface area contributed by atoms with Crippen LogP contribution >= 0.6 is 0 Å². The van der Waals surface area contributed by atoms with Gasteiger partial charge in [-0.25, -0.2) is 9.59 Å². The van der Waals surface area contributed by atoms with E-state index in [9.17, 15) is 14.4 Å². The van der Waals surface area contributed by atoms with E-state index in [0.717, 1.165) is 60.3 Å². The number of nitrogens with one attached hydrogen (secondary N) is 2. The van der Waals surface area contributed by atoms with Gasteiger partial charge >= 0.3 is 11.8 Å². The highest BCUT2D eigenvalue weighted by Gasteiger charge is 2.59. The molecule has 1 heterocycles. The molecule has 0 aliphatic heterocycles. The Morgan fingerprint density at radius 1 is 1.00 bits per heavy atom. The largest absolute Gasteiger partial charge is 0.446 e. The quantitative estimate of drug-likeness (QED) is 0.272. The van der Waals surface area contributed by atoms with Crippen molar-refractivity contribution in [1.82, 2.24) is 9.55 Å². The minimum absolute atomic E-state index is 0.0985. The number of H-pyrrole nitrogens is 1. The third-order valence-electron chi connectivity index (χ3n) is 13.0. The first-order valence-corrected chi connectivity index (χ1v) is 18.0. The molecule has 0 bridgehead atoms. The molecule has 1 aromatic carbocycles. The lowest BCUT2D eigenvalue weighted by molar-refractivity contribution is -0.0577. The average Bonchev–Trinajstić information content (AvgIpc) is 3.37. The van der Waals surface area contributed by atoms with Crippen LogP contribution in [-0.4, -0.2) is 21.7 Å². The van der Waals surface area contributed by atoms with Crippen molar-refractivity contribution in [2.24, 2.45) is 46.3 Å². The monoisotopic (exact) mass is 629 g/mol. The molecule has 3 saturated carbocycles.